The first-order chi connectivity index (χ1) is 7.77. The molecule has 0 aliphatic carbocycles. The third-order valence-electron chi connectivity index (χ3n) is 2.29. The van der Waals surface area contributed by atoms with E-state index in [4.69, 9.17) is 0 Å². The van der Waals surface area contributed by atoms with Crippen LogP contribution in [0.2, 0.25) is 0 Å². The molecule has 0 saturated carbocycles. The molecule has 0 amide bonds. The van der Waals surface area contributed by atoms with Gasteiger partial charge in [-0.2, -0.15) is 0 Å². The molecule has 6 nitrogen and oxygen atoms in total. The zero-order valence-corrected chi connectivity index (χ0v) is 8.70. The summed E-state index contributed by atoms with van der Waals surface area (Å²) >= 11 is 0. The number of aliphatic imine (C=N–C) groups is 1. The number of rotatable bonds is 3. The normalized spacial score (nSPS) is 22.3. The molecule has 0 N–H and O–H groups in total. The largest absolute Gasteiger partial charge is 0.469 e. The Kier molecular flexibility index (Phi) is 2.72. The predicted octanol–water partition coefficient (Wildman–Crippen LogP) is 0.271. The maximum atomic E-state index is 11.3. The highest BCUT2D eigenvalue weighted by Crippen LogP contribution is 2.31. The van der Waals surface area contributed by atoms with Gasteiger partial charge < -0.3 is 4.74 Å². The molecule has 0 bridgehead atoms. The molecule has 1 aliphatic heterocycles. The van der Waals surface area contributed by atoms with Crippen LogP contribution in [0.15, 0.2) is 29.8 Å². The Balaban J connectivity index is 2.34. The second kappa shape index (κ2) is 4.18. The van der Waals surface area contributed by atoms with Gasteiger partial charge >= 0.3 is 5.97 Å². The lowest BCUT2D eigenvalue weighted by atomic mass is 9.96. The van der Waals surface area contributed by atoms with Crippen molar-refractivity contribution in [3.8, 4) is 0 Å². The van der Waals surface area contributed by atoms with Crippen molar-refractivity contribution in [3.63, 3.8) is 0 Å². The van der Waals surface area contributed by atoms with Crippen LogP contribution < -0.4 is 0 Å². The van der Waals surface area contributed by atoms with Gasteiger partial charge in [0.15, 0.2) is 5.82 Å². The standard InChI is InChI=1S/C10H10N4O2/c1-16-8(15)5-10(3-2-4-14-10)9-12-6-11-7-13-9/h2-4,6-7H,5H2,1H3. The van der Waals surface area contributed by atoms with Crippen molar-refractivity contribution < 1.29 is 9.53 Å². The quantitative estimate of drug-likeness (QED) is 0.680. The highest BCUT2D eigenvalue weighted by atomic mass is 16.5. The third-order valence-corrected chi connectivity index (χ3v) is 2.29. The Bertz CT molecular complexity index is 429. The van der Waals surface area contributed by atoms with E-state index in [1.807, 2.05) is 0 Å². The lowest BCUT2D eigenvalue weighted by molar-refractivity contribution is -0.141. The minimum Gasteiger partial charge on any atom is -0.469 e. The Hall–Kier alpha value is -2.11. The molecule has 0 spiro atoms. The lowest BCUT2D eigenvalue weighted by Crippen LogP contribution is -2.26. The van der Waals surface area contributed by atoms with E-state index in [0.717, 1.165) is 0 Å². The molecule has 2 rings (SSSR count). The van der Waals surface area contributed by atoms with Crippen molar-refractivity contribution in [3.05, 3.63) is 30.6 Å². The molecule has 2 heterocycles. The number of ether oxygens (including phenoxy) is 1. The number of methoxy groups -OCH3 is 1. The maximum Gasteiger partial charge on any atom is 0.308 e. The number of carbonyl (C=O) groups excluding carboxylic acids is 1. The van der Waals surface area contributed by atoms with E-state index in [0.29, 0.717) is 5.82 Å². The van der Waals surface area contributed by atoms with Gasteiger partial charge in [-0.3, -0.25) is 9.79 Å². The van der Waals surface area contributed by atoms with Crippen molar-refractivity contribution >= 4 is 12.2 Å². The van der Waals surface area contributed by atoms with Crippen LogP contribution in [0.3, 0.4) is 0 Å². The molecule has 1 aromatic heterocycles. The lowest BCUT2D eigenvalue weighted by Gasteiger charge is -2.20. The smallest absolute Gasteiger partial charge is 0.308 e. The average Bonchev–Trinajstić information content (AvgIpc) is 2.80. The number of hydrogen-bond donors (Lipinski definition) is 0. The summed E-state index contributed by atoms with van der Waals surface area (Å²) in [5.41, 5.74) is -0.837. The Morgan fingerprint density at radius 3 is 2.75 bits per heavy atom. The molecule has 0 radical (unpaired) electrons. The predicted molar refractivity (Wildman–Crippen MR) is 55.8 cm³/mol. The maximum absolute atomic E-state index is 11.3. The molecule has 0 fully saturated rings. The summed E-state index contributed by atoms with van der Waals surface area (Å²) in [6.07, 6.45) is 7.99. The zero-order valence-electron chi connectivity index (χ0n) is 8.70. The number of esters is 1. The zero-order chi connectivity index (χ0) is 11.4. The van der Waals surface area contributed by atoms with E-state index in [9.17, 15) is 4.79 Å². The van der Waals surface area contributed by atoms with Crippen molar-refractivity contribution in [1.29, 1.82) is 0 Å². The number of nitrogens with zero attached hydrogens (tertiary/aromatic N) is 4. The van der Waals surface area contributed by atoms with Crippen LogP contribution in [0.5, 0.6) is 0 Å². The summed E-state index contributed by atoms with van der Waals surface area (Å²) in [4.78, 5) is 27.4. The van der Waals surface area contributed by atoms with Crippen LogP contribution in [-0.4, -0.2) is 34.2 Å². The molecule has 6 heteroatoms. The molecule has 16 heavy (non-hydrogen) atoms. The van der Waals surface area contributed by atoms with Gasteiger partial charge in [-0.1, -0.05) is 0 Å². The van der Waals surface area contributed by atoms with Crippen LogP contribution in [0.4, 0.5) is 0 Å². The summed E-state index contributed by atoms with van der Waals surface area (Å²) in [7, 11) is 1.34. The molecule has 82 valence electrons. The third kappa shape index (κ3) is 1.81. The first kappa shape index (κ1) is 10.4. The SMILES string of the molecule is COC(=O)CC1(c2ncncn2)C=CC=N1. The summed E-state index contributed by atoms with van der Waals surface area (Å²) in [6, 6.07) is 0. The summed E-state index contributed by atoms with van der Waals surface area (Å²) in [5.74, 6) is 0.0852. The van der Waals surface area contributed by atoms with E-state index in [1.165, 1.54) is 19.8 Å². The number of aromatic nitrogens is 3. The van der Waals surface area contributed by atoms with Crippen LogP contribution in [0.1, 0.15) is 12.2 Å². The average molecular weight is 218 g/mol. The van der Waals surface area contributed by atoms with Gasteiger partial charge in [0.05, 0.1) is 13.5 Å². The van der Waals surface area contributed by atoms with Crippen LogP contribution in [0, 0.1) is 0 Å². The molecular weight excluding hydrogens is 208 g/mol. The molecule has 1 atom stereocenters. The Morgan fingerprint density at radius 1 is 1.44 bits per heavy atom. The van der Waals surface area contributed by atoms with Crippen molar-refractivity contribution in [2.75, 3.05) is 7.11 Å². The minimum absolute atomic E-state index is 0.0838. The fourth-order valence-corrected chi connectivity index (χ4v) is 1.49. The van der Waals surface area contributed by atoms with Gasteiger partial charge in [-0.15, -0.1) is 0 Å². The van der Waals surface area contributed by atoms with Gasteiger partial charge in [0.25, 0.3) is 0 Å². The van der Waals surface area contributed by atoms with E-state index >= 15 is 0 Å². The fourth-order valence-electron chi connectivity index (χ4n) is 1.49. The van der Waals surface area contributed by atoms with Crippen LogP contribution in [0.25, 0.3) is 0 Å². The highest BCUT2D eigenvalue weighted by Gasteiger charge is 2.36. The van der Waals surface area contributed by atoms with Crippen molar-refractivity contribution in [1.82, 2.24) is 15.0 Å². The monoisotopic (exact) mass is 218 g/mol. The van der Waals surface area contributed by atoms with Crippen LogP contribution >= 0.6 is 0 Å². The first-order valence-electron chi connectivity index (χ1n) is 4.69. The molecular formula is C10H10N4O2. The second-order valence-corrected chi connectivity index (χ2v) is 3.28. The number of allylic oxidation sites excluding steroid dienone is 1. The number of carbonyl (C=O) groups is 1. The van der Waals surface area contributed by atoms with Gasteiger partial charge in [0, 0.05) is 6.21 Å². The highest BCUT2D eigenvalue weighted by molar-refractivity contribution is 5.79. The fraction of sp³-hybridized carbons (Fsp3) is 0.300. The van der Waals surface area contributed by atoms with Crippen LogP contribution in [-0.2, 0) is 15.1 Å². The summed E-state index contributed by atoms with van der Waals surface area (Å²) < 4.78 is 4.64. The van der Waals surface area contributed by atoms with E-state index in [-0.39, 0.29) is 12.4 Å². The number of hydrogen-bond acceptors (Lipinski definition) is 6. The molecule has 0 aromatic carbocycles. The molecule has 1 aliphatic rings. The van der Waals surface area contributed by atoms with Crippen molar-refractivity contribution in [2.45, 2.75) is 12.0 Å². The Morgan fingerprint density at radius 2 is 2.19 bits per heavy atom. The summed E-state index contributed by atoms with van der Waals surface area (Å²) in [6.45, 7) is 0. The van der Waals surface area contributed by atoms with Gasteiger partial charge in [-0.25, -0.2) is 15.0 Å². The van der Waals surface area contributed by atoms with Gasteiger partial charge in [0.2, 0.25) is 0 Å². The second-order valence-electron chi connectivity index (χ2n) is 3.28. The Labute approximate surface area is 92.1 Å². The van der Waals surface area contributed by atoms with Gasteiger partial charge in [-0.05, 0) is 12.2 Å². The first-order valence-corrected chi connectivity index (χ1v) is 4.69. The molecule has 1 unspecified atom stereocenters. The molecule has 0 saturated heterocycles. The molecule has 1 aromatic rings. The van der Waals surface area contributed by atoms with Gasteiger partial charge in [0.1, 0.15) is 18.2 Å². The minimum atomic E-state index is -0.837. The topological polar surface area (TPSA) is 77.3 Å². The van der Waals surface area contributed by atoms with Crippen molar-refractivity contribution in [2.24, 2.45) is 4.99 Å². The van der Waals surface area contributed by atoms with E-state index in [2.05, 4.69) is 24.7 Å². The summed E-state index contributed by atoms with van der Waals surface area (Å²) in [5, 5.41) is 0. The van der Waals surface area contributed by atoms with E-state index in [1.54, 1.807) is 18.4 Å². The van der Waals surface area contributed by atoms with E-state index < -0.39 is 5.54 Å².